The van der Waals surface area contributed by atoms with Crippen molar-refractivity contribution < 1.29 is 4.74 Å². The molecule has 98 valence electrons. The first-order valence-corrected chi connectivity index (χ1v) is 5.49. The summed E-state index contributed by atoms with van der Waals surface area (Å²) in [6.07, 6.45) is 4.76. The third kappa shape index (κ3) is 4.70. The van der Waals surface area contributed by atoms with E-state index in [0.717, 1.165) is 18.3 Å². The molecule has 1 aromatic heterocycles. The second-order valence-corrected chi connectivity index (χ2v) is 4.43. The van der Waals surface area contributed by atoms with Crippen LogP contribution in [0, 0.1) is 5.92 Å². The normalized spacial score (nSPS) is 23.6. The zero-order valence-corrected chi connectivity index (χ0v) is 11.8. The third-order valence-corrected chi connectivity index (χ3v) is 2.97. The number of nitrogens with zero attached hydrogens (tertiary/aromatic N) is 2. The lowest BCUT2D eigenvalue weighted by atomic mass is 10.1. The Hall–Kier alpha value is -0.510. The topological polar surface area (TPSA) is 25.4 Å². The molecule has 2 heterocycles. The van der Waals surface area contributed by atoms with Gasteiger partial charge < -0.3 is 4.74 Å². The predicted octanol–water partition coefficient (Wildman–Crippen LogP) is 2.64. The predicted molar refractivity (Wildman–Crippen MR) is 74.4 cm³/mol. The molecule has 0 aliphatic carbocycles. The summed E-state index contributed by atoms with van der Waals surface area (Å²) in [6, 6.07) is 4.40. The van der Waals surface area contributed by atoms with Gasteiger partial charge in [-0.3, -0.25) is 9.88 Å². The molecule has 5 heteroatoms. The van der Waals surface area contributed by atoms with Crippen molar-refractivity contribution in [3.63, 3.8) is 0 Å². The van der Waals surface area contributed by atoms with Crippen LogP contribution < -0.4 is 4.74 Å². The number of aromatic nitrogens is 1. The Kier molecular flexibility index (Phi) is 7.51. The molecular formula is C12H20Cl2N2O. The molecular weight excluding hydrogens is 259 g/mol. The fourth-order valence-corrected chi connectivity index (χ4v) is 2.18. The van der Waals surface area contributed by atoms with Gasteiger partial charge in [-0.2, -0.15) is 0 Å². The summed E-state index contributed by atoms with van der Waals surface area (Å²) in [5.74, 6) is 1.66. The first kappa shape index (κ1) is 16.5. The zero-order valence-electron chi connectivity index (χ0n) is 10.2. The second kappa shape index (κ2) is 7.75. The van der Waals surface area contributed by atoms with E-state index in [1.165, 1.54) is 13.0 Å². The van der Waals surface area contributed by atoms with Crippen molar-refractivity contribution in [2.75, 3.05) is 20.2 Å². The molecule has 2 rings (SSSR count). The van der Waals surface area contributed by atoms with Gasteiger partial charge in [-0.15, -0.1) is 24.8 Å². The standard InChI is InChI=1S/C12H18N2O.2ClH/c1-10-6-11(14(2)8-10)9-15-12-4-3-5-13-7-12;;/h3-5,7,10-11H,6,8-9H2,1-2H3;2*1H. The van der Waals surface area contributed by atoms with Crippen LogP contribution in [-0.4, -0.2) is 36.1 Å². The average molecular weight is 279 g/mol. The Morgan fingerprint density at radius 1 is 1.47 bits per heavy atom. The van der Waals surface area contributed by atoms with E-state index in [1.807, 2.05) is 12.1 Å². The molecule has 17 heavy (non-hydrogen) atoms. The van der Waals surface area contributed by atoms with Crippen molar-refractivity contribution in [2.24, 2.45) is 5.92 Å². The number of likely N-dealkylation sites (tertiary alicyclic amines) is 1. The quantitative estimate of drug-likeness (QED) is 0.850. The van der Waals surface area contributed by atoms with E-state index in [4.69, 9.17) is 4.74 Å². The minimum atomic E-state index is 0. The smallest absolute Gasteiger partial charge is 0.137 e. The first-order chi connectivity index (χ1) is 7.25. The summed E-state index contributed by atoms with van der Waals surface area (Å²) < 4.78 is 5.70. The van der Waals surface area contributed by atoms with Crippen LogP contribution in [0.5, 0.6) is 5.75 Å². The summed E-state index contributed by atoms with van der Waals surface area (Å²) in [4.78, 5) is 6.40. The number of likely N-dealkylation sites (N-methyl/N-ethyl adjacent to an activating group) is 1. The van der Waals surface area contributed by atoms with Gasteiger partial charge in [-0.25, -0.2) is 0 Å². The van der Waals surface area contributed by atoms with Gasteiger partial charge in [-0.1, -0.05) is 6.92 Å². The highest BCUT2D eigenvalue weighted by Crippen LogP contribution is 2.21. The lowest BCUT2D eigenvalue weighted by Crippen LogP contribution is -2.30. The zero-order chi connectivity index (χ0) is 10.7. The minimum absolute atomic E-state index is 0. The van der Waals surface area contributed by atoms with Crippen LogP contribution in [0.15, 0.2) is 24.5 Å². The van der Waals surface area contributed by atoms with Crippen LogP contribution in [0.1, 0.15) is 13.3 Å². The van der Waals surface area contributed by atoms with E-state index >= 15 is 0 Å². The number of pyridine rings is 1. The molecule has 0 spiro atoms. The molecule has 3 nitrogen and oxygen atoms in total. The van der Waals surface area contributed by atoms with Gasteiger partial charge in [0.25, 0.3) is 0 Å². The minimum Gasteiger partial charge on any atom is -0.490 e. The number of rotatable bonds is 3. The van der Waals surface area contributed by atoms with Crippen LogP contribution >= 0.6 is 24.8 Å². The van der Waals surface area contributed by atoms with Crippen LogP contribution in [-0.2, 0) is 0 Å². The lowest BCUT2D eigenvalue weighted by Gasteiger charge is -2.19. The van der Waals surface area contributed by atoms with Crippen molar-refractivity contribution in [3.05, 3.63) is 24.5 Å². The highest BCUT2D eigenvalue weighted by Gasteiger charge is 2.26. The molecule has 0 amide bonds. The van der Waals surface area contributed by atoms with Crippen LogP contribution in [0.2, 0.25) is 0 Å². The number of hydrogen-bond donors (Lipinski definition) is 0. The monoisotopic (exact) mass is 278 g/mol. The van der Waals surface area contributed by atoms with E-state index in [-0.39, 0.29) is 24.8 Å². The van der Waals surface area contributed by atoms with E-state index in [9.17, 15) is 0 Å². The van der Waals surface area contributed by atoms with E-state index in [2.05, 4.69) is 23.9 Å². The summed E-state index contributed by atoms with van der Waals surface area (Å²) in [7, 11) is 2.17. The van der Waals surface area contributed by atoms with Gasteiger partial charge in [0.05, 0.1) is 6.20 Å². The highest BCUT2D eigenvalue weighted by atomic mass is 35.5. The SMILES string of the molecule is CC1CC(COc2cccnc2)N(C)C1.Cl.Cl. The molecule has 0 bridgehead atoms. The van der Waals surface area contributed by atoms with Gasteiger partial charge in [0, 0.05) is 18.8 Å². The Labute approximate surface area is 115 Å². The van der Waals surface area contributed by atoms with Gasteiger partial charge >= 0.3 is 0 Å². The van der Waals surface area contributed by atoms with Crippen LogP contribution in [0.3, 0.4) is 0 Å². The second-order valence-electron chi connectivity index (χ2n) is 4.43. The Balaban J connectivity index is 0.00000128. The molecule has 2 atom stereocenters. The molecule has 1 fully saturated rings. The highest BCUT2D eigenvalue weighted by molar-refractivity contribution is 5.85. The Bertz CT molecular complexity index is 311. The molecule has 2 unspecified atom stereocenters. The van der Waals surface area contributed by atoms with E-state index < -0.39 is 0 Å². The van der Waals surface area contributed by atoms with Gasteiger partial charge in [0.1, 0.15) is 12.4 Å². The molecule has 0 saturated carbocycles. The molecule has 1 saturated heterocycles. The molecule has 1 aliphatic rings. The average Bonchev–Trinajstić information content (AvgIpc) is 2.56. The van der Waals surface area contributed by atoms with Crippen molar-refractivity contribution in [1.82, 2.24) is 9.88 Å². The third-order valence-electron chi connectivity index (χ3n) is 2.97. The Morgan fingerprint density at radius 2 is 2.24 bits per heavy atom. The Morgan fingerprint density at radius 3 is 2.76 bits per heavy atom. The number of hydrogen-bond acceptors (Lipinski definition) is 3. The van der Waals surface area contributed by atoms with E-state index in [1.54, 1.807) is 12.4 Å². The molecule has 0 N–H and O–H groups in total. The number of ether oxygens (including phenoxy) is 1. The van der Waals surface area contributed by atoms with Gasteiger partial charge in [0.15, 0.2) is 0 Å². The van der Waals surface area contributed by atoms with Gasteiger partial charge in [-0.05, 0) is 31.5 Å². The fraction of sp³-hybridized carbons (Fsp3) is 0.583. The summed E-state index contributed by atoms with van der Waals surface area (Å²) in [5, 5.41) is 0. The summed E-state index contributed by atoms with van der Waals surface area (Å²) in [6.45, 7) is 4.24. The molecule has 1 aliphatic heterocycles. The van der Waals surface area contributed by atoms with Crippen molar-refractivity contribution >= 4 is 24.8 Å². The largest absolute Gasteiger partial charge is 0.490 e. The van der Waals surface area contributed by atoms with Crippen molar-refractivity contribution in [1.29, 1.82) is 0 Å². The molecule has 0 aromatic carbocycles. The summed E-state index contributed by atoms with van der Waals surface area (Å²) >= 11 is 0. The van der Waals surface area contributed by atoms with Crippen molar-refractivity contribution in [3.8, 4) is 5.75 Å². The maximum atomic E-state index is 5.70. The summed E-state index contributed by atoms with van der Waals surface area (Å²) in [5.41, 5.74) is 0. The number of halogens is 2. The van der Waals surface area contributed by atoms with Crippen molar-refractivity contribution in [2.45, 2.75) is 19.4 Å². The first-order valence-electron chi connectivity index (χ1n) is 5.49. The maximum Gasteiger partial charge on any atom is 0.137 e. The van der Waals surface area contributed by atoms with Gasteiger partial charge in [0.2, 0.25) is 0 Å². The fourth-order valence-electron chi connectivity index (χ4n) is 2.18. The molecule has 1 aromatic rings. The molecule has 0 radical (unpaired) electrons. The van der Waals surface area contributed by atoms with Crippen LogP contribution in [0.4, 0.5) is 0 Å². The van der Waals surface area contributed by atoms with E-state index in [0.29, 0.717) is 6.04 Å². The van der Waals surface area contributed by atoms with Crippen LogP contribution in [0.25, 0.3) is 0 Å². The lowest BCUT2D eigenvalue weighted by molar-refractivity contribution is 0.198. The maximum absolute atomic E-state index is 5.70.